The highest BCUT2D eigenvalue weighted by Gasteiger charge is 2.10. The zero-order chi connectivity index (χ0) is 12.4. The Kier molecular flexibility index (Phi) is 3.15. The molecule has 0 radical (unpaired) electrons. The van der Waals surface area contributed by atoms with Crippen LogP contribution in [0.2, 0.25) is 0 Å². The van der Waals surface area contributed by atoms with Crippen LogP contribution in [0.5, 0.6) is 0 Å². The monoisotopic (exact) mass is 248 g/mol. The summed E-state index contributed by atoms with van der Waals surface area (Å²) in [7, 11) is 0. The fraction of sp³-hybridized carbons (Fsp3) is 0.462. The molecular weight excluding hydrogens is 231 g/mol. The Morgan fingerprint density at radius 2 is 2.17 bits per heavy atom. The van der Waals surface area contributed by atoms with Crippen LogP contribution >= 0.6 is 0 Å². The Bertz CT molecular complexity index is 531. The first-order valence-corrected chi connectivity index (χ1v) is 6.43. The highest BCUT2D eigenvalue weighted by Crippen LogP contribution is 2.15. The average molecular weight is 248 g/mol. The molecular formula is C13H17FN4. The molecule has 1 aliphatic rings. The van der Waals surface area contributed by atoms with Crippen LogP contribution in [0.1, 0.15) is 12.8 Å². The summed E-state index contributed by atoms with van der Waals surface area (Å²) in [5.74, 6) is 0.476. The van der Waals surface area contributed by atoms with Crippen LogP contribution in [0.15, 0.2) is 18.2 Å². The number of hydrogen-bond acceptors (Lipinski definition) is 3. The molecule has 96 valence electrons. The van der Waals surface area contributed by atoms with E-state index in [1.54, 1.807) is 6.07 Å². The van der Waals surface area contributed by atoms with E-state index in [1.807, 2.05) is 0 Å². The molecule has 3 rings (SSSR count). The lowest BCUT2D eigenvalue weighted by Gasteiger charge is -2.14. The Hall–Kier alpha value is -1.62. The zero-order valence-corrected chi connectivity index (χ0v) is 10.2. The number of nitrogens with zero attached hydrogens (tertiary/aromatic N) is 2. The molecule has 0 bridgehead atoms. The first-order valence-electron chi connectivity index (χ1n) is 6.43. The number of H-pyrrole nitrogens is 1. The van der Waals surface area contributed by atoms with Gasteiger partial charge in [0.15, 0.2) is 0 Å². The van der Waals surface area contributed by atoms with Crippen molar-refractivity contribution in [3.05, 3.63) is 24.0 Å². The molecule has 0 amide bonds. The van der Waals surface area contributed by atoms with Crippen LogP contribution in [0.3, 0.4) is 0 Å². The van der Waals surface area contributed by atoms with Gasteiger partial charge in [-0.3, -0.25) is 0 Å². The van der Waals surface area contributed by atoms with Gasteiger partial charge in [-0.25, -0.2) is 9.37 Å². The number of imidazole rings is 1. The largest absolute Gasteiger partial charge is 0.355 e. The molecule has 0 atom stereocenters. The van der Waals surface area contributed by atoms with Crippen molar-refractivity contribution in [3.63, 3.8) is 0 Å². The van der Waals surface area contributed by atoms with E-state index in [4.69, 9.17) is 0 Å². The average Bonchev–Trinajstić information content (AvgIpc) is 2.97. The molecule has 0 unspecified atom stereocenters. The molecule has 1 aromatic carbocycles. The summed E-state index contributed by atoms with van der Waals surface area (Å²) >= 11 is 0. The van der Waals surface area contributed by atoms with Gasteiger partial charge in [0.05, 0.1) is 11.0 Å². The van der Waals surface area contributed by atoms with Crippen LogP contribution in [0.25, 0.3) is 11.0 Å². The zero-order valence-electron chi connectivity index (χ0n) is 10.2. The molecule has 2 aromatic rings. The standard InChI is InChI=1S/C13H17FN4/c14-10-3-4-11-12(9-10)17-13(16-11)15-5-8-18-6-1-2-7-18/h3-4,9H,1-2,5-8H2,(H2,15,16,17). The van der Waals surface area contributed by atoms with Gasteiger partial charge in [0.2, 0.25) is 5.95 Å². The van der Waals surface area contributed by atoms with E-state index in [2.05, 4.69) is 20.2 Å². The van der Waals surface area contributed by atoms with Gasteiger partial charge in [0, 0.05) is 13.1 Å². The molecule has 1 aromatic heterocycles. The van der Waals surface area contributed by atoms with E-state index in [-0.39, 0.29) is 5.82 Å². The number of rotatable bonds is 4. The van der Waals surface area contributed by atoms with Gasteiger partial charge in [0.25, 0.3) is 0 Å². The molecule has 2 heterocycles. The van der Waals surface area contributed by atoms with Crippen molar-refractivity contribution in [3.8, 4) is 0 Å². The summed E-state index contributed by atoms with van der Waals surface area (Å²) in [5.41, 5.74) is 1.53. The summed E-state index contributed by atoms with van der Waals surface area (Å²) < 4.78 is 13.0. The maximum absolute atomic E-state index is 13.0. The quantitative estimate of drug-likeness (QED) is 0.872. The number of likely N-dealkylation sites (tertiary alicyclic amines) is 1. The minimum absolute atomic E-state index is 0.241. The van der Waals surface area contributed by atoms with E-state index < -0.39 is 0 Å². The van der Waals surface area contributed by atoms with Crippen LogP contribution in [0.4, 0.5) is 10.3 Å². The number of aromatic nitrogens is 2. The van der Waals surface area contributed by atoms with Crippen molar-refractivity contribution in [2.24, 2.45) is 0 Å². The molecule has 4 nitrogen and oxygen atoms in total. The summed E-state index contributed by atoms with van der Waals surface area (Å²) in [4.78, 5) is 9.89. The molecule has 18 heavy (non-hydrogen) atoms. The van der Waals surface area contributed by atoms with Gasteiger partial charge >= 0.3 is 0 Å². The highest BCUT2D eigenvalue weighted by atomic mass is 19.1. The highest BCUT2D eigenvalue weighted by molar-refractivity contribution is 5.77. The van der Waals surface area contributed by atoms with E-state index in [0.29, 0.717) is 0 Å². The lowest BCUT2D eigenvalue weighted by Crippen LogP contribution is -2.26. The van der Waals surface area contributed by atoms with Gasteiger partial charge in [-0.1, -0.05) is 0 Å². The molecule has 0 aliphatic carbocycles. The molecule has 1 aliphatic heterocycles. The van der Waals surface area contributed by atoms with Gasteiger partial charge < -0.3 is 15.2 Å². The number of halogens is 1. The van der Waals surface area contributed by atoms with Crippen molar-refractivity contribution >= 4 is 17.0 Å². The van der Waals surface area contributed by atoms with E-state index >= 15 is 0 Å². The van der Waals surface area contributed by atoms with Gasteiger partial charge in [-0.2, -0.15) is 0 Å². The van der Waals surface area contributed by atoms with Crippen molar-refractivity contribution in [2.45, 2.75) is 12.8 Å². The van der Waals surface area contributed by atoms with Crippen molar-refractivity contribution in [1.29, 1.82) is 0 Å². The Morgan fingerprint density at radius 1 is 1.33 bits per heavy atom. The molecule has 1 fully saturated rings. The lowest BCUT2D eigenvalue weighted by atomic mass is 10.3. The maximum atomic E-state index is 13.0. The first kappa shape index (κ1) is 11.5. The van der Waals surface area contributed by atoms with E-state index in [1.165, 1.54) is 38.1 Å². The predicted octanol–water partition coefficient (Wildman–Crippen LogP) is 2.21. The van der Waals surface area contributed by atoms with Gasteiger partial charge in [0.1, 0.15) is 5.82 Å². The third kappa shape index (κ3) is 2.46. The Morgan fingerprint density at radius 3 is 3.00 bits per heavy atom. The molecule has 2 N–H and O–H groups in total. The normalized spacial score (nSPS) is 16.5. The number of fused-ring (bicyclic) bond motifs is 1. The summed E-state index contributed by atoms with van der Waals surface area (Å²) in [5, 5.41) is 3.25. The van der Waals surface area contributed by atoms with E-state index in [0.717, 1.165) is 30.1 Å². The summed E-state index contributed by atoms with van der Waals surface area (Å²) in [6.45, 7) is 4.30. The summed E-state index contributed by atoms with van der Waals surface area (Å²) in [6, 6.07) is 4.58. The minimum Gasteiger partial charge on any atom is -0.355 e. The predicted molar refractivity (Wildman–Crippen MR) is 70.2 cm³/mol. The van der Waals surface area contributed by atoms with Crippen molar-refractivity contribution in [2.75, 3.05) is 31.5 Å². The lowest BCUT2D eigenvalue weighted by molar-refractivity contribution is 0.352. The molecule has 0 saturated carbocycles. The third-order valence-electron chi connectivity index (χ3n) is 3.36. The third-order valence-corrected chi connectivity index (χ3v) is 3.36. The fourth-order valence-corrected chi connectivity index (χ4v) is 2.40. The summed E-state index contributed by atoms with van der Waals surface area (Å²) in [6.07, 6.45) is 2.62. The fourth-order valence-electron chi connectivity index (χ4n) is 2.40. The second-order valence-electron chi connectivity index (χ2n) is 4.72. The molecule has 5 heteroatoms. The van der Waals surface area contributed by atoms with Gasteiger partial charge in [-0.05, 0) is 44.1 Å². The van der Waals surface area contributed by atoms with Crippen LogP contribution in [-0.4, -0.2) is 41.0 Å². The smallest absolute Gasteiger partial charge is 0.201 e. The first-order chi connectivity index (χ1) is 8.81. The molecule has 0 spiro atoms. The van der Waals surface area contributed by atoms with Crippen LogP contribution < -0.4 is 5.32 Å². The Balaban J connectivity index is 1.60. The minimum atomic E-state index is -0.241. The maximum Gasteiger partial charge on any atom is 0.201 e. The number of hydrogen-bond donors (Lipinski definition) is 2. The van der Waals surface area contributed by atoms with E-state index in [9.17, 15) is 4.39 Å². The number of benzene rings is 1. The topological polar surface area (TPSA) is 44.0 Å². The molecule has 1 saturated heterocycles. The number of nitrogens with one attached hydrogen (secondary N) is 2. The second kappa shape index (κ2) is 4.94. The van der Waals surface area contributed by atoms with Crippen molar-refractivity contribution in [1.82, 2.24) is 14.9 Å². The van der Waals surface area contributed by atoms with Crippen molar-refractivity contribution < 1.29 is 4.39 Å². The van der Waals surface area contributed by atoms with Crippen LogP contribution in [-0.2, 0) is 0 Å². The SMILES string of the molecule is Fc1ccc2nc(NCCN3CCCC3)[nH]c2c1. The van der Waals surface area contributed by atoms with Crippen LogP contribution in [0, 0.1) is 5.82 Å². The Labute approximate surface area is 105 Å². The second-order valence-corrected chi connectivity index (χ2v) is 4.72. The number of aromatic amines is 1. The van der Waals surface area contributed by atoms with Gasteiger partial charge in [-0.15, -0.1) is 0 Å². The number of anilines is 1.